The van der Waals surface area contributed by atoms with Crippen molar-refractivity contribution in [2.75, 3.05) is 11.1 Å². The van der Waals surface area contributed by atoms with Crippen molar-refractivity contribution in [2.24, 2.45) is 13.0 Å². The van der Waals surface area contributed by atoms with Crippen molar-refractivity contribution in [3.8, 4) is 0 Å². The average Bonchev–Trinajstić information content (AvgIpc) is 3.04. The fraction of sp³-hybridized carbons (Fsp3) is 0.500. The first-order valence-electron chi connectivity index (χ1n) is 9.89. The van der Waals surface area contributed by atoms with E-state index < -0.39 is 0 Å². The summed E-state index contributed by atoms with van der Waals surface area (Å²) in [5.41, 5.74) is 0.555. The number of hydrogen-bond donors (Lipinski definition) is 2. The van der Waals surface area contributed by atoms with E-state index in [0.717, 1.165) is 12.8 Å². The molecule has 0 unspecified atom stereocenters. The van der Waals surface area contributed by atoms with Crippen LogP contribution in [0.25, 0.3) is 0 Å². The molecule has 162 valence electrons. The molecular weight excluding hydrogens is 445 g/mol. The molecule has 2 atom stereocenters. The predicted octanol–water partition coefficient (Wildman–Crippen LogP) is 4.09. The normalized spacial score (nSPS) is 18.8. The molecule has 1 fully saturated rings. The second kappa shape index (κ2) is 10.5. The van der Waals surface area contributed by atoms with Crippen LogP contribution in [0.4, 0.5) is 5.69 Å². The van der Waals surface area contributed by atoms with Crippen molar-refractivity contribution in [1.29, 1.82) is 0 Å². The third-order valence-electron chi connectivity index (χ3n) is 5.24. The summed E-state index contributed by atoms with van der Waals surface area (Å²) in [6.45, 7) is 2.19. The van der Waals surface area contributed by atoms with Crippen LogP contribution in [0.15, 0.2) is 23.4 Å². The number of benzene rings is 1. The monoisotopic (exact) mass is 469 g/mol. The topological polar surface area (TPSA) is 88.9 Å². The molecule has 2 amide bonds. The van der Waals surface area contributed by atoms with E-state index in [4.69, 9.17) is 23.2 Å². The Labute approximate surface area is 190 Å². The molecule has 7 nitrogen and oxygen atoms in total. The second-order valence-electron chi connectivity index (χ2n) is 7.54. The maximum absolute atomic E-state index is 12.3. The van der Waals surface area contributed by atoms with Gasteiger partial charge in [0.2, 0.25) is 11.8 Å². The van der Waals surface area contributed by atoms with E-state index in [0.29, 0.717) is 32.6 Å². The highest BCUT2D eigenvalue weighted by Crippen LogP contribution is 2.26. The highest BCUT2D eigenvalue weighted by atomic mass is 35.5. The quantitative estimate of drug-likeness (QED) is 0.595. The standard InChI is InChI=1S/C20H25Cl2N5O2S/c1-12-5-3-4-6-16(12)24-19(29)11-30-20-26-25-17(27(20)2)10-18(28)23-13-7-8-14(21)15(22)9-13/h7-9,12,16H,3-6,10-11H2,1-2H3,(H,23,28)(H,24,29)/t12-,16+/m0/s1. The molecule has 0 saturated heterocycles. The van der Waals surface area contributed by atoms with Gasteiger partial charge in [-0.3, -0.25) is 9.59 Å². The Morgan fingerprint density at radius 2 is 1.93 bits per heavy atom. The van der Waals surface area contributed by atoms with Crippen molar-refractivity contribution in [3.05, 3.63) is 34.1 Å². The molecule has 1 aromatic carbocycles. The van der Waals surface area contributed by atoms with Gasteiger partial charge in [0.05, 0.1) is 22.2 Å². The van der Waals surface area contributed by atoms with Crippen LogP contribution in [0.3, 0.4) is 0 Å². The Morgan fingerprint density at radius 1 is 1.17 bits per heavy atom. The molecule has 1 aromatic heterocycles. The molecule has 10 heteroatoms. The van der Waals surface area contributed by atoms with Crippen molar-refractivity contribution >= 4 is 52.5 Å². The number of halogens is 2. The summed E-state index contributed by atoms with van der Waals surface area (Å²) in [5.74, 6) is 1.05. The molecule has 0 aliphatic heterocycles. The van der Waals surface area contributed by atoms with Crippen molar-refractivity contribution in [1.82, 2.24) is 20.1 Å². The molecule has 1 saturated carbocycles. The number of thioether (sulfide) groups is 1. The lowest BCUT2D eigenvalue weighted by Gasteiger charge is -2.29. The third kappa shape index (κ3) is 6.12. The van der Waals surface area contributed by atoms with Crippen LogP contribution in [-0.4, -0.2) is 38.4 Å². The van der Waals surface area contributed by atoms with Crippen LogP contribution in [0.1, 0.15) is 38.4 Å². The summed E-state index contributed by atoms with van der Waals surface area (Å²) in [6.07, 6.45) is 4.66. The van der Waals surface area contributed by atoms with E-state index >= 15 is 0 Å². The molecule has 2 N–H and O–H groups in total. The number of carbonyl (C=O) groups is 2. The van der Waals surface area contributed by atoms with E-state index in [-0.39, 0.29) is 30.0 Å². The lowest BCUT2D eigenvalue weighted by atomic mass is 9.86. The number of carbonyl (C=O) groups excluding carboxylic acids is 2. The molecule has 1 aliphatic carbocycles. The smallest absolute Gasteiger partial charge is 0.232 e. The fourth-order valence-electron chi connectivity index (χ4n) is 3.46. The van der Waals surface area contributed by atoms with Crippen LogP contribution in [-0.2, 0) is 23.1 Å². The molecule has 0 spiro atoms. The van der Waals surface area contributed by atoms with Crippen molar-refractivity contribution < 1.29 is 9.59 Å². The van der Waals surface area contributed by atoms with Crippen LogP contribution in [0, 0.1) is 5.92 Å². The molecule has 3 rings (SSSR count). The van der Waals surface area contributed by atoms with Crippen molar-refractivity contribution in [3.63, 3.8) is 0 Å². The zero-order valence-corrected chi connectivity index (χ0v) is 19.3. The van der Waals surface area contributed by atoms with Gasteiger partial charge in [0, 0.05) is 18.8 Å². The fourth-order valence-corrected chi connectivity index (χ4v) is 4.50. The Kier molecular flexibility index (Phi) is 8.02. The van der Waals surface area contributed by atoms with E-state index in [1.54, 1.807) is 29.8 Å². The Balaban J connectivity index is 1.50. The van der Waals surface area contributed by atoms with Gasteiger partial charge in [-0.05, 0) is 37.0 Å². The predicted molar refractivity (Wildman–Crippen MR) is 120 cm³/mol. The van der Waals surface area contributed by atoms with Gasteiger partial charge in [-0.1, -0.05) is 54.7 Å². The van der Waals surface area contributed by atoms with E-state index in [1.165, 1.54) is 24.6 Å². The summed E-state index contributed by atoms with van der Waals surface area (Å²) < 4.78 is 1.73. The highest BCUT2D eigenvalue weighted by molar-refractivity contribution is 7.99. The molecular formula is C20H25Cl2N5O2S. The van der Waals surface area contributed by atoms with Crippen LogP contribution in [0.2, 0.25) is 10.0 Å². The lowest BCUT2D eigenvalue weighted by molar-refractivity contribution is -0.120. The van der Waals surface area contributed by atoms with Crippen molar-refractivity contribution in [2.45, 2.75) is 50.2 Å². The molecule has 1 heterocycles. The van der Waals surface area contributed by atoms with Gasteiger partial charge < -0.3 is 15.2 Å². The molecule has 2 aromatic rings. The Bertz CT molecular complexity index is 921. The lowest BCUT2D eigenvalue weighted by Crippen LogP contribution is -2.41. The molecule has 0 bridgehead atoms. The van der Waals surface area contributed by atoms with Crippen LogP contribution < -0.4 is 10.6 Å². The number of hydrogen-bond acceptors (Lipinski definition) is 5. The number of amides is 2. The van der Waals surface area contributed by atoms with Gasteiger partial charge in [0.15, 0.2) is 5.16 Å². The van der Waals surface area contributed by atoms with E-state index in [1.807, 2.05) is 0 Å². The Hall–Kier alpha value is -1.77. The number of anilines is 1. The second-order valence-corrected chi connectivity index (χ2v) is 9.29. The van der Waals surface area contributed by atoms with Gasteiger partial charge in [-0.2, -0.15) is 0 Å². The summed E-state index contributed by atoms with van der Waals surface area (Å²) >= 11 is 13.2. The molecule has 1 aliphatic rings. The average molecular weight is 470 g/mol. The maximum Gasteiger partial charge on any atom is 0.232 e. The summed E-state index contributed by atoms with van der Waals surface area (Å²) in [7, 11) is 1.78. The summed E-state index contributed by atoms with van der Waals surface area (Å²) in [5, 5.41) is 15.5. The van der Waals surface area contributed by atoms with Gasteiger partial charge in [-0.15, -0.1) is 10.2 Å². The minimum absolute atomic E-state index is 0.000611. The SMILES string of the molecule is C[C@H]1CCCC[C@H]1NC(=O)CSc1nnc(CC(=O)Nc2ccc(Cl)c(Cl)c2)n1C. The summed E-state index contributed by atoms with van der Waals surface area (Å²) in [6, 6.07) is 5.14. The molecule has 30 heavy (non-hydrogen) atoms. The Morgan fingerprint density at radius 3 is 2.67 bits per heavy atom. The number of nitrogens with one attached hydrogen (secondary N) is 2. The van der Waals surface area contributed by atoms with Crippen LogP contribution >= 0.6 is 35.0 Å². The minimum Gasteiger partial charge on any atom is -0.352 e. The maximum atomic E-state index is 12.3. The largest absolute Gasteiger partial charge is 0.352 e. The van der Waals surface area contributed by atoms with E-state index in [2.05, 4.69) is 27.8 Å². The van der Waals surface area contributed by atoms with Gasteiger partial charge in [0.1, 0.15) is 5.82 Å². The third-order valence-corrected chi connectivity index (χ3v) is 7.00. The van der Waals surface area contributed by atoms with Gasteiger partial charge in [0.25, 0.3) is 0 Å². The first-order valence-corrected chi connectivity index (χ1v) is 11.6. The first-order chi connectivity index (χ1) is 14.3. The minimum atomic E-state index is -0.246. The van der Waals surface area contributed by atoms with Crippen LogP contribution in [0.5, 0.6) is 0 Å². The highest BCUT2D eigenvalue weighted by Gasteiger charge is 2.23. The van der Waals surface area contributed by atoms with Gasteiger partial charge >= 0.3 is 0 Å². The zero-order valence-electron chi connectivity index (χ0n) is 17.0. The number of aromatic nitrogens is 3. The first kappa shape index (κ1) is 22.9. The molecule has 0 radical (unpaired) electrons. The summed E-state index contributed by atoms with van der Waals surface area (Å²) in [4.78, 5) is 24.6. The zero-order chi connectivity index (χ0) is 21.7. The van der Waals surface area contributed by atoms with Gasteiger partial charge in [-0.25, -0.2) is 0 Å². The van der Waals surface area contributed by atoms with E-state index in [9.17, 15) is 9.59 Å². The number of rotatable bonds is 7. The number of nitrogens with zero attached hydrogens (tertiary/aromatic N) is 3.